The van der Waals surface area contributed by atoms with E-state index in [9.17, 15) is 0 Å². The first kappa shape index (κ1) is 35.9. The molecule has 0 bridgehead atoms. The standard InChI is InChI=1S/C42H68N2O/c1-5-9-11-13-15-17-33-19-23-35(24-20-33)27-37-29-39(31-43-41(37)7-3)45-40-30-38(42(8-4)44-32-40)28-36-25-21-34(22-26-36)18-16-14-12-10-6-2/h29-36H,5-28H2,1-4H3. The van der Waals surface area contributed by atoms with Gasteiger partial charge in [-0.2, -0.15) is 0 Å². The molecule has 0 spiro atoms. The molecule has 2 aliphatic carbocycles. The van der Waals surface area contributed by atoms with Crippen molar-refractivity contribution >= 4 is 0 Å². The number of aryl methyl sites for hydroxylation is 2. The first-order valence-electron chi connectivity index (χ1n) is 19.7. The Morgan fingerprint density at radius 1 is 0.511 bits per heavy atom. The van der Waals surface area contributed by atoms with Gasteiger partial charge in [0.15, 0.2) is 0 Å². The average molecular weight is 617 g/mol. The van der Waals surface area contributed by atoms with Crippen molar-refractivity contribution in [1.29, 1.82) is 0 Å². The summed E-state index contributed by atoms with van der Waals surface area (Å²) in [6, 6.07) is 4.59. The fourth-order valence-electron chi connectivity index (χ4n) is 8.42. The third kappa shape index (κ3) is 12.3. The molecular formula is C42H68N2O. The van der Waals surface area contributed by atoms with Crippen molar-refractivity contribution < 1.29 is 4.74 Å². The number of pyridine rings is 2. The lowest BCUT2D eigenvalue weighted by molar-refractivity contribution is 0.256. The van der Waals surface area contributed by atoms with E-state index in [0.29, 0.717) is 0 Å². The second-order valence-electron chi connectivity index (χ2n) is 15.0. The number of rotatable bonds is 20. The van der Waals surface area contributed by atoms with Crippen LogP contribution in [-0.4, -0.2) is 9.97 Å². The Kier molecular flexibility index (Phi) is 16.3. The van der Waals surface area contributed by atoms with Crippen molar-refractivity contribution in [3.8, 4) is 11.5 Å². The smallest absolute Gasteiger partial charge is 0.146 e. The quantitative estimate of drug-likeness (QED) is 0.139. The summed E-state index contributed by atoms with van der Waals surface area (Å²) in [5.41, 5.74) is 5.30. The number of unbranched alkanes of at least 4 members (excludes halogenated alkanes) is 8. The van der Waals surface area contributed by atoms with Gasteiger partial charge in [0.25, 0.3) is 0 Å². The van der Waals surface area contributed by atoms with Crippen molar-refractivity contribution in [2.75, 3.05) is 0 Å². The maximum Gasteiger partial charge on any atom is 0.146 e. The maximum absolute atomic E-state index is 6.49. The second-order valence-corrected chi connectivity index (χ2v) is 15.0. The monoisotopic (exact) mass is 617 g/mol. The Hall–Kier alpha value is -1.90. The van der Waals surface area contributed by atoms with Crippen LogP contribution in [0.1, 0.15) is 179 Å². The molecule has 4 rings (SSSR count). The van der Waals surface area contributed by atoms with E-state index in [0.717, 1.165) is 60.9 Å². The lowest BCUT2D eigenvalue weighted by atomic mass is 9.77. The lowest BCUT2D eigenvalue weighted by Gasteiger charge is -2.29. The van der Waals surface area contributed by atoms with E-state index < -0.39 is 0 Å². The van der Waals surface area contributed by atoms with Crippen LogP contribution < -0.4 is 4.74 Å². The number of hydrogen-bond acceptors (Lipinski definition) is 3. The van der Waals surface area contributed by atoms with Crippen molar-refractivity contribution in [1.82, 2.24) is 9.97 Å². The molecule has 0 amide bonds. The van der Waals surface area contributed by atoms with Gasteiger partial charge in [-0.3, -0.25) is 9.97 Å². The molecule has 2 aromatic rings. The van der Waals surface area contributed by atoms with Crippen LogP contribution in [0.5, 0.6) is 11.5 Å². The molecule has 0 aliphatic heterocycles. The zero-order valence-electron chi connectivity index (χ0n) is 29.9. The molecule has 0 aromatic carbocycles. The van der Waals surface area contributed by atoms with Gasteiger partial charge in [0, 0.05) is 11.4 Å². The summed E-state index contributed by atoms with van der Waals surface area (Å²) in [5.74, 6) is 5.25. The van der Waals surface area contributed by atoms with Gasteiger partial charge in [-0.25, -0.2) is 0 Å². The second kappa shape index (κ2) is 20.4. The minimum absolute atomic E-state index is 0.789. The van der Waals surface area contributed by atoms with Gasteiger partial charge in [0.2, 0.25) is 0 Å². The molecule has 0 unspecified atom stereocenters. The van der Waals surface area contributed by atoms with Gasteiger partial charge in [-0.1, -0.05) is 130 Å². The zero-order valence-corrected chi connectivity index (χ0v) is 29.9. The highest BCUT2D eigenvalue weighted by molar-refractivity contribution is 5.36. The fourth-order valence-corrected chi connectivity index (χ4v) is 8.42. The Morgan fingerprint density at radius 3 is 1.27 bits per heavy atom. The average Bonchev–Trinajstić information content (AvgIpc) is 3.06. The van der Waals surface area contributed by atoms with E-state index in [2.05, 4.69) is 39.8 Å². The van der Waals surface area contributed by atoms with E-state index >= 15 is 0 Å². The minimum Gasteiger partial charge on any atom is -0.454 e. The summed E-state index contributed by atoms with van der Waals surface area (Å²) < 4.78 is 6.49. The van der Waals surface area contributed by atoms with Gasteiger partial charge in [-0.15, -0.1) is 0 Å². The molecular weight excluding hydrogens is 548 g/mol. The highest BCUT2D eigenvalue weighted by Crippen LogP contribution is 2.37. The van der Waals surface area contributed by atoms with Crippen LogP contribution in [0.25, 0.3) is 0 Å². The minimum atomic E-state index is 0.789. The molecule has 252 valence electrons. The third-order valence-corrected chi connectivity index (χ3v) is 11.4. The molecule has 3 nitrogen and oxygen atoms in total. The fraction of sp³-hybridized carbons (Fsp3) is 0.762. The van der Waals surface area contributed by atoms with Crippen LogP contribution >= 0.6 is 0 Å². The predicted octanol–water partition coefficient (Wildman–Crippen LogP) is 12.8. The van der Waals surface area contributed by atoms with Crippen LogP contribution in [0, 0.1) is 23.7 Å². The summed E-state index contributed by atoms with van der Waals surface area (Å²) in [4.78, 5) is 9.77. The Labute approximate surface area is 278 Å². The van der Waals surface area contributed by atoms with Gasteiger partial charge in [0.1, 0.15) is 11.5 Å². The highest BCUT2D eigenvalue weighted by atomic mass is 16.5. The van der Waals surface area contributed by atoms with Crippen LogP contribution in [-0.2, 0) is 25.7 Å². The number of nitrogens with zero attached hydrogens (tertiary/aromatic N) is 2. The lowest BCUT2D eigenvalue weighted by Crippen LogP contribution is -2.17. The Bertz CT molecular complexity index is 995. The number of aromatic nitrogens is 2. The summed E-state index contributed by atoms with van der Waals surface area (Å²) in [6.45, 7) is 9.09. The van der Waals surface area contributed by atoms with Crippen molar-refractivity contribution in [3.05, 3.63) is 47.0 Å². The van der Waals surface area contributed by atoms with Crippen molar-refractivity contribution in [2.45, 2.75) is 182 Å². The normalized spacial score (nSPS) is 22.0. The van der Waals surface area contributed by atoms with E-state index in [1.165, 1.54) is 151 Å². The molecule has 0 atom stereocenters. The summed E-state index contributed by atoms with van der Waals surface area (Å²) in [6.07, 6.45) is 36.3. The Morgan fingerprint density at radius 2 is 0.889 bits per heavy atom. The van der Waals surface area contributed by atoms with Crippen LogP contribution in [0.2, 0.25) is 0 Å². The first-order chi connectivity index (χ1) is 22.1. The SMILES string of the molecule is CCCCCCCC1CCC(Cc2cc(Oc3cnc(CC)c(CC4CCC(CCCCCCC)CC4)c3)cnc2CC)CC1. The molecule has 45 heavy (non-hydrogen) atoms. The topological polar surface area (TPSA) is 35.0 Å². The van der Waals surface area contributed by atoms with E-state index in [-0.39, 0.29) is 0 Å². The number of hydrogen-bond donors (Lipinski definition) is 0. The van der Waals surface area contributed by atoms with Gasteiger partial charge in [-0.05, 0) is 98.3 Å². The zero-order chi connectivity index (χ0) is 31.7. The maximum atomic E-state index is 6.49. The van der Waals surface area contributed by atoms with Gasteiger partial charge in [0.05, 0.1) is 12.4 Å². The molecule has 0 saturated heterocycles. The molecule has 3 heteroatoms. The highest BCUT2D eigenvalue weighted by Gasteiger charge is 2.24. The van der Waals surface area contributed by atoms with Gasteiger partial charge >= 0.3 is 0 Å². The summed E-state index contributed by atoms with van der Waals surface area (Å²) in [7, 11) is 0. The summed E-state index contributed by atoms with van der Waals surface area (Å²) >= 11 is 0. The molecule has 2 saturated carbocycles. The predicted molar refractivity (Wildman–Crippen MR) is 192 cm³/mol. The molecule has 2 aromatic heterocycles. The van der Waals surface area contributed by atoms with Crippen molar-refractivity contribution in [3.63, 3.8) is 0 Å². The van der Waals surface area contributed by atoms with Crippen LogP contribution in [0.15, 0.2) is 24.5 Å². The van der Waals surface area contributed by atoms with E-state index in [4.69, 9.17) is 14.7 Å². The molecule has 0 N–H and O–H groups in total. The first-order valence-corrected chi connectivity index (χ1v) is 19.7. The molecule has 2 fully saturated rings. The summed E-state index contributed by atoms with van der Waals surface area (Å²) in [5, 5.41) is 0. The Balaban J connectivity index is 1.28. The number of ether oxygens (including phenoxy) is 1. The van der Waals surface area contributed by atoms with Crippen molar-refractivity contribution in [2.24, 2.45) is 23.7 Å². The van der Waals surface area contributed by atoms with Crippen LogP contribution in [0.3, 0.4) is 0 Å². The van der Waals surface area contributed by atoms with Gasteiger partial charge < -0.3 is 4.74 Å². The third-order valence-electron chi connectivity index (χ3n) is 11.4. The van der Waals surface area contributed by atoms with E-state index in [1.807, 2.05) is 12.4 Å². The molecule has 2 heterocycles. The molecule has 0 radical (unpaired) electrons. The van der Waals surface area contributed by atoms with E-state index in [1.54, 1.807) is 0 Å². The molecule has 2 aliphatic rings. The van der Waals surface area contributed by atoms with Crippen LogP contribution in [0.4, 0.5) is 0 Å². The largest absolute Gasteiger partial charge is 0.454 e.